The summed E-state index contributed by atoms with van der Waals surface area (Å²) in [5, 5.41) is 12.1. The van der Waals surface area contributed by atoms with Gasteiger partial charge in [0.1, 0.15) is 5.52 Å². The minimum atomic E-state index is 0.141. The first-order valence-electron chi connectivity index (χ1n) is 11.2. The third-order valence-corrected chi connectivity index (χ3v) is 5.68. The van der Waals surface area contributed by atoms with Crippen LogP contribution in [0.15, 0.2) is 36.8 Å². The molecule has 0 aliphatic carbocycles. The lowest BCUT2D eigenvalue weighted by atomic mass is 10.2. The average molecular weight is 472 g/mol. The Bertz CT molecular complexity index is 1400. The van der Waals surface area contributed by atoms with Gasteiger partial charge in [0.25, 0.3) is 5.82 Å². The van der Waals surface area contributed by atoms with E-state index in [2.05, 4.69) is 54.1 Å². The van der Waals surface area contributed by atoms with Crippen molar-refractivity contribution in [1.82, 2.24) is 29.7 Å². The van der Waals surface area contributed by atoms with Gasteiger partial charge in [0.15, 0.2) is 29.2 Å². The van der Waals surface area contributed by atoms with Crippen molar-refractivity contribution in [2.75, 3.05) is 23.3 Å². The number of morpholine rings is 1. The van der Waals surface area contributed by atoms with Crippen LogP contribution in [0.5, 0.6) is 11.6 Å². The Morgan fingerprint density at radius 2 is 1.94 bits per heavy atom. The molecule has 11 nitrogen and oxygen atoms in total. The number of fused-ring (bicyclic) bond motifs is 1. The van der Waals surface area contributed by atoms with Crippen molar-refractivity contribution < 1.29 is 9.47 Å². The number of hydrogen-bond acceptors (Lipinski definition) is 9. The first kappa shape index (κ1) is 22.5. The number of ether oxygens (including phenoxy) is 2. The molecular weight excluding hydrogens is 446 g/mol. The van der Waals surface area contributed by atoms with Gasteiger partial charge >= 0.3 is 0 Å². The molecule has 0 saturated carbocycles. The molecule has 0 bridgehead atoms. The zero-order valence-electron chi connectivity index (χ0n) is 19.9. The quantitative estimate of drug-likeness (QED) is 0.429. The topological polar surface area (TPSA) is 107 Å². The molecular formula is C24H25N9O2. The standard InChI is InChI=1S/C24H25N9O2/c1-14-8-20(25-4)26-10-18(14)35-22-9-17(23-24(29-22)32(5)13-27-23)28-19-6-7-21(31-30-19)33-11-15(2)34-16(3)12-33/h6-10,13,15-16H,11-12H2,1-3,5H3,(H,28,29,30)/t15-,16-/m1/s1. The average Bonchev–Trinajstić information content (AvgIpc) is 3.21. The maximum Gasteiger partial charge on any atom is 0.269 e. The van der Waals surface area contributed by atoms with Gasteiger partial charge in [0.05, 0.1) is 24.2 Å². The van der Waals surface area contributed by atoms with Crippen molar-refractivity contribution in [3.05, 3.63) is 53.8 Å². The monoisotopic (exact) mass is 471 g/mol. The SMILES string of the molecule is [C-]#[N+]c1cc(C)c(Oc2cc(Nc3ccc(N4C[C@@H](C)O[C@H](C)C4)nn3)c3ncn(C)c3n2)cn1. The molecule has 0 radical (unpaired) electrons. The van der Waals surface area contributed by atoms with Gasteiger partial charge in [0.2, 0.25) is 5.88 Å². The van der Waals surface area contributed by atoms with Crippen LogP contribution in [0.25, 0.3) is 16.0 Å². The lowest BCUT2D eigenvalue weighted by Crippen LogP contribution is -2.45. The van der Waals surface area contributed by atoms with Crippen LogP contribution in [0.3, 0.4) is 0 Å². The molecule has 1 aliphatic heterocycles. The van der Waals surface area contributed by atoms with Crippen LogP contribution < -0.4 is 15.0 Å². The van der Waals surface area contributed by atoms with Crippen LogP contribution >= 0.6 is 0 Å². The van der Waals surface area contributed by atoms with E-state index in [0.717, 1.165) is 24.5 Å². The van der Waals surface area contributed by atoms with E-state index in [1.54, 1.807) is 18.5 Å². The van der Waals surface area contributed by atoms with E-state index < -0.39 is 0 Å². The predicted molar refractivity (Wildman–Crippen MR) is 131 cm³/mol. The summed E-state index contributed by atoms with van der Waals surface area (Å²) in [7, 11) is 1.87. The molecule has 178 valence electrons. The number of hydrogen-bond donors (Lipinski definition) is 1. The van der Waals surface area contributed by atoms with Crippen molar-refractivity contribution >= 4 is 34.3 Å². The summed E-state index contributed by atoms with van der Waals surface area (Å²) in [5.74, 6) is 2.59. The number of aromatic nitrogens is 6. The maximum absolute atomic E-state index is 7.12. The van der Waals surface area contributed by atoms with Crippen LogP contribution in [-0.2, 0) is 11.8 Å². The fraction of sp³-hybridized carbons (Fsp3) is 0.333. The van der Waals surface area contributed by atoms with Crippen molar-refractivity contribution in [2.45, 2.75) is 33.0 Å². The van der Waals surface area contributed by atoms with Gasteiger partial charge in [-0.1, -0.05) is 6.57 Å². The second kappa shape index (κ2) is 9.15. The largest absolute Gasteiger partial charge is 0.435 e. The number of rotatable bonds is 5. The highest BCUT2D eigenvalue weighted by Gasteiger charge is 2.23. The fourth-order valence-corrected chi connectivity index (χ4v) is 4.09. The van der Waals surface area contributed by atoms with E-state index in [1.165, 1.54) is 6.20 Å². The molecule has 2 atom stereocenters. The van der Waals surface area contributed by atoms with E-state index >= 15 is 0 Å². The number of aryl methyl sites for hydroxylation is 2. The molecule has 0 amide bonds. The Labute approximate surface area is 202 Å². The number of pyridine rings is 2. The first-order chi connectivity index (χ1) is 16.9. The summed E-state index contributed by atoms with van der Waals surface area (Å²) < 4.78 is 13.7. The Balaban J connectivity index is 1.42. The normalized spacial score (nSPS) is 17.9. The zero-order chi connectivity index (χ0) is 24.5. The molecule has 0 unspecified atom stereocenters. The van der Waals surface area contributed by atoms with Gasteiger partial charge in [0, 0.05) is 26.2 Å². The second-order valence-corrected chi connectivity index (χ2v) is 8.62. The van der Waals surface area contributed by atoms with E-state index in [9.17, 15) is 0 Å². The van der Waals surface area contributed by atoms with Crippen LogP contribution in [0.4, 0.5) is 23.1 Å². The van der Waals surface area contributed by atoms with E-state index in [1.807, 2.05) is 30.7 Å². The van der Waals surface area contributed by atoms with Gasteiger partial charge in [-0.15, -0.1) is 15.2 Å². The van der Waals surface area contributed by atoms with Gasteiger partial charge in [-0.25, -0.2) is 4.98 Å². The Hall–Kier alpha value is -4.30. The van der Waals surface area contributed by atoms with Crippen molar-refractivity contribution in [2.24, 2.45) is 7.05 Å². The summed E-state index contributed by atoms with van der Waals surface area (Å²) in [4.78, 5) is 18.7. The van der Waals surface area contributed by atoms with E-state index in [-0.39, 0.29) is 12.2 Å². The summed E-state index contributed by atoms with van der Waals surface area (Å²) in [6.07, 6.45) is 3.51. The Morgan fingerprint density at radius 1 is 1.14 bits per heavy atom. The van der Waals surface area contributed by atoms with E-state index in [4.69, 9.17) is 16.0 Å². The molecule has 35 heavy (non-hydrogen) atoms. The molecule has 1 aliphatic rings. The molecule has 1 N–H and O–H groups in total. The van der Waals surface area contributed by atoms with E-state index in [0.29, 0.717) is 40.1 Å². The van der Waals surface area contributed by atoms with Gasteiger partial charge in [-0.05, 0) is 44.5 Å². The predicted octanol–water partition coefficient (Wildman–Crippen LogP) is 4.16. The van der Waals surface area contributed by atoms with Crippen LogP contribution in [-0.4, -0.2) is 55.0 Å². The highest BCUT2D eigenvalue weighted by Crippen LogP contribution is 2.32. The second-order valence-electron chi connectivity index (χ2n) is 8.62. The lowest BCUT2D eigenvalue weighted by Gasteiger charge is -2.35. The smallest absolute Gasteiger partial charge is 0.269 e. The third kappa shape index (κ3) is 4.69. The first-order valence-corrected chi connectivity index (χ1v) is 11.2. The van der Waals surface area contributed by atoms with Crippen molar-refractivity contribution in [1.29, 1.82) is 0 Å². The summed E-state index contributed by atoms with van der Waals surface area (Å²) in [6, 6.07) is 7.28. The van der Waals surface area contributed by atoms with Crippen LogP contribution in [0.2, 0.25) is 0 Å². The maximum atomic E-state index is 7.12. The third-order valence-electron chi connectivity index (χ3n) is 5.68. The lowest BCUT2D eigenvalue weighted by molar-refractivity contribution is -0.00550. The summed E-state index contributed by atoms with van der Waals surface area (Å²) in [6.45, 7) is 14.7. The van der Waals surface area contributed by atoms with Crippen LogP contribution in [0.1, 0.15) is 19.4 Å². The van der Waals surface area contributed by atoms with Gasteiger partial charge in [-0.3, -0.25) is 0 Å². The number of anilines is 3. The highest BCUT2D eigenvalue weighted by molar-refractivity contribution is 5.88. The molecule has 5 rings (SSSR count). The Kier molecular flexibility index (Phi) is 5.88. The minimum absolute atomic E-state index is 0.141. The Morgan fingerprint density at radius 3 is 2.63 bits per heavy atom. The van der Waals surface area contributed by atoms with Crippen LogP contribution in [0, 0.1) is 13.5 Å². The molecule has 4 aromatic rings. The zero-order valence-corrected chi connectivity index (χ0v) is 19.9. The number of nitrogens with one attached hydrogen (secondary N) is 1. The van der Waals surface area contributed by atoms with Gasteiger partial charge < -0.3 is 29.1 Å². The molecule has 11 heteroatoms. The minimum Gasteiger partial charge on any atom is -0.435 e. The number of imidazole rings is 1. The highest BCUT2D eigenvalue weighted by atomic mass is 16.5. The molecule has 4 aromatic heterocycles. The van der Waals surface area contributed by atoms with Crippen molar-refractivity contribution in [3.63, 3.8) is 0 Å². The fourth-order valence-electron chi connectivity index (χ4n) is 4.09. The molecule has 0 spiro atoms. The molecule has 1 saturated heterocycles. The van der Waals surface area contributed by atoms with Crippen molar-refractivity contribution in [3.8, 4) is 11.6 Å². The molecule has 5 heterocycles. The van der Waals surface area contributed by atoms with Gasteiger partial charge in [-0.2, -0.15) is 4.98 Å². The molecule has 1 fully saturated rings. The molecule has 0 aromatic carbocycles. The number of nitrogens with zero attached hydrogens (tertiary/aromatic N) is 8. The summed E-state index contributed by atoms with van der Waals surface area (Å²) >= 11 is 0. The summed E-state index contributed by atoms with van der Waals surface area (Å²) in [5.41, 5.74) is 2.80.